The minimum atomic E-state index is 0.0924. The van der Waals surface area contributed by atoms with Crippen LogP contribution in [0.3, 0.4) is 0 Å². The maximum Gasteiger partial charge on any atom is 0.274 e. The van der Waals surface area contributed by atoms with Crippen molar-refractivity contribution in [1.29, 1.82) is 0 Å². The van der Waals surface area contributed by atoms with Gasteiger partial charge in [-0.25, -0.2) is 4.68 Å². The first-order valence-corrected chi connectivity index (χ1v) is 12.1. The predicted molar refractivity (Wildman–Crippen MR) is 127 cm³/mol. The van der Waals surface area contributed by atoms with E-state index < -0.39 is 0 Å². The highest BCUT2D eigenvalue weighted by Crippen LogP contribution is 2.30. The summed E-state index contributed by atoms with van der Waals surface area (Å²) in [5.41, 5.74) is 7.95. The van der Waals surface area contributed by atoms with E-state index in [0.29, 0.717) is 5.69 Å². The Bertz CT molecular complexity index is 1210. The number of aromatic nitrogens is 2. The molecule has 0 radical (unpaired) electrons. The van der Waals surface area contributed by atoms with Crippen molar-refractivity contribution in [3.63, 3.8) is 0 Å². The molecule has 0 atom stereocenters. The Balaban J connectivity index is 1.16. The molecule has 1 aliphatic carbocycles. The molecule has 0 bridgehead atoms. The lowest BCUT2D eigenvalue weighted by Gasteiger charge is -2.34. The highest BCUT2D eigenvalue weighted by atomic mass is 16.5. The molecule has 2 aromatic carbocycles. The zero-order valence-corrected chi connectivity index (χ0v) is 19.2. The van der Waals surface area contributed by atoms with Gasteiger partial charge < -0.3 is 9.64 Å². The Morgan fingerprint density at radius 1 is 1.03 bits per heavy atom. The second-order valence-electron chi connectivity index (χ2n) is 9.43. The second kappa shape index (κ2) is 8.34. The molecule has 2 aliphatic heterocycles. The molecule has 6 heteroatoms. The monoisotopic (exact) mass is 442 g/mol. The first-order valence-electron chi connectivity index (χ1n) is 12.1. The van der Waals surface area contributed by atoms with Crippen molar-refractivity contribution in [3.8, 4) is 11.4 Å². The number of carbonyl (C=O) groups excluding carboxylic acids is 1. The molecule has 6 rings (SSSR count). The van der Waals surface area contributed by atoms with Crippen LogP contribution in [0.25, 0.3) is 5.69 Å². The normalized spacial score (nSPS) is 17.7. The van der Waals surface area contributed by atoms with E-state index in [4.69, 9.17) is 9.84 Å². The van der Waals surface area contributed by atoms with Gasteiger partial charge >= 0.3 is 0 Å². The molecule has 33 heavy (non-hydrogen) atoms. The van der Waals surface area contributed by atoms with E-state index >= 15 is 0 Å². The Labute approximate surface area is 194 Å². The van der Waals surface area contributed by atoms with Crippen molar-refractivity contribution in [2.75, 3.05) is 32.8 Å². The quantitative estimate of drug-likeness (QED) is 0.620. The van der Waals surface area contributed by atoms with Gasteiger partial charge in [0.1, 0.15) is 5.75 Å². The largest absolute Gasteiger partial charge is 0.493 e. The minimum absolute atomic E-state index is 0.0924. The van der Waals surface area contributed by atoms with Crippen molar-refractivity contribution < 1.29 is 9.53 Å². The summed E-state index contributed by atoms with van der Waals surface area (Å²) >= 11 is 0. The molecule has 0 spiro atoms. The number of fused-ring (bicyclic) bond motifs is 2. The fourth-order valence-electron chi connectivity index (χ4n) is 5.46. The molecule has 170 valence electrons. The molecule has 3 aromatic rings. The lowest BCUT2D eigenvalue weighted by atomic mass is 10.1. The summed E-state index contributed by atoms with van der Waals surface area (Å²) in [5.74, 6) is 1.13. The summed E-state index contributed by atoms with van der Waals surface area (Å²) in [6, 6.07) is 14.8. The van der Waals surface area contributed by atoms with E-state index in [1.807, 2.05) is 21.7 Å². The van der Waals surface area contributed by atoms with E-state index in [1.54, 1.807) is 0 Å². The molecular formula is C27H30N4O2. The van der Waals surface area contributed by atoms with Crippen LogP contribution in [0, 0.1) is 6.92 Å². The Morgan fingerprint density at radius 3 is 2.73 bits per heavy atom. The van der Waals surface area contributed by atoms with Crippen LogP contribution < -0.4 is 4.74 Å². The maximum absolute atomic E-state index is 13.5. The smallest absolute Gasteiger partial charge is 0.274 e. The fraction of sp³-hybridized carbons (Fsp3) is 0.407. The van der Waals surface area contributed by atoms with E-state index in [9.17, 15) is 4.79 Å². The van der Waals surface area contributed by atoms with Gasteiger partial charge in [0, 0.05) is 50.4 Å². The summed E-state index contributed by atoms with van der Waals surface area (Å²) < 4.78 is 7.66. The second-order valence-corrected chi connectivity index (χ2v) is 9.43. The molecule has 0 saturated carbocycles. The third kappa shape index (κ3) is 3.72. The summed E-state index contributed by atoms with van der Waals surface area (Å²) in [5, 5.41) is 4.86. The van der Waals surface area contributed by atoms with Gasteiger partial charge in [0.2, 0.25) is 0 Å². The van der Waals surface area contributed by atoms with Crippen molar-refractivity contribution in [2.45, 2.75) is 39.2 Å². The van der Waals surface area contributed by atoms with Crippen molar-refractivity contribution in [2.24, 2.45) is 0 Å². The zero-order chi connectivity index (χ0) is 22.4. The van der Waals surface area contributed by atoms with Gasteiger partial charge in [0.05, 0.1) is 12.3 Å². The van der Waals surface area contributed by atoms with Gasteiger partial charge in [-0.2, -0.15) is 5.10 Å². The number of hydrogen-bond donors (Lipinski definition) is 0. The Kier molecular flexibility index (Phi) is 5.18. The number of hydrogen-bond acceptors (Lipinski definition) is 4. The van der Waals surface area contributed by atoms with Crippen LogP contribution in [0.15, 0.2) is 42.5 Å². The van der Waals surface area contributed by atoms with Crippen molar-refractivity contribution in [1.82, 2.24) is 19.6 Å². The number of nitrogens with zero attached hydrogens (tertiary/aromatic N) is 4. The molecule has 3 aliphatic rings. The third-order valence-electron chi connectivity index (χ3n) is 7.30. The van der Waals surface area contributed by atoms with Crippen LogP contribution >= 0.6 is 0 Å². The standard InChI is InChI=1S/C27H30N4O2/c1-19-5-2-3-7-23(19)31-24-8-4-6-22(24)26(28-31)27(32)30-14-12-29(13-15-30)18-20-9-10-25-21(17-20)11-16-33-25/h2-3,5,7,9-10,17H,4,6,8,11-16,18H2,1H3. The lowest BCUT2D eigenvalue weighted by molar-refractivity contribution is 0.0621. The molecule has 6 nitrogen and oxygen atoms in total. The summed E-state index contributed by atoms with van der Waals surface area (Å²) in [7, 11) is 0. The van der Waals surface area contributed by atoms with Gasteiger partial charge in [-0.15, -0.1) is 0 Å². The van der Waals surface area contributed by atoms with Crippen molar-refractivity contribution >= 4 is 5.91 Å². The van der Waals surface area contributed by atoms with Gasteiger partial charge in [-0.3, -0.25) is 9.69 Å². The fourth-order valence-corrected chi connectivity index (χ4v) is 5.46. The number of para-hydroxylation sites is 1. The summed E-state index contributed by atoms with van der Waals surface area (Å²) in [6.07, 6.45) is 4.04. The molecule has 0 N–H and O–H groups in total. The number of piperazine rings is 1. The summed E-state index contributed by atoms with van der Waals surface area (Å²) in [6.45, 7) is 7.10. The molecule has 1 amide bonds. The Morgan fingerprint density at radius 2 is 1.88 bits per heavy atom. The SMILES string of the molecule is Cc1ccccc1-n1nc(C(=O)N2CCN(Cc3ccc4c(c3)CCO4)CC2)c2c1CCC2. The third-order valence-corrected chi connectivity index (χ3v) is 7.30. The van der Waals surface area contributed by atoms with E-state index in [-0.39, 0.29) is 5.91 Å². The first-order chi connectivity index (χ1) is 16.2. The van der Waals surface area contributed by atoms with Crippen LogP contribution in [0.2, 0.25) is 0 Å². The number of amides is 1. The molecular weight excluding hydrogens is 412 g/mol. The Hall–Kier alpha value is -3.12. The molecule has 1 fully saturated rings. The number of aryl methyl sites for hydroxylation is 1. The summed E-state index contributed by atoms with van der Waals surface area (Å²) in [4.78, 5) is 17.9. The number of ether oxygens (including phenoxy) is 1. The van der Waals surface area contributed by atoms with Crippen LogP contribution in [0.5, 0.6) is 5.75 Å². The van der Waals surface area contributed by atoms with Crippen LogP contribution in [0.1, 0.15) is 44.9 Å². The topological polar surface area (TPSA) is 50.6 Å². The van der Waals surface area contributed by atoms with Crippen LogP contribution in [-0.4, -0.2) is 58.3 Å². The number of benzene rings is 2. The lowest BCUT2D eigenvalue weighted by Crippen LogP contribution is -2.48. The minimum Gasteiger partial charge on any atom is -0.493 e. The molecule has 1 aromatic heterocycles. The average molecular weight is 443 g/mol. The van der Waals surface area contributed by atoms with Crippen LogP contribution in [-0.2, 0) is 25.8 Å². The van der Waals surface area contributed by atoms with Crippen molar-refractivity contribution in [3.05, 3.63) is 76.1 Å². The van der Waals surface area contributed by atoms with Gasteiger partial charge in [0.25, 0.3) is 5.91 Å². The zero-order valence-electron chi connectivity index (χ0n) is 19.2. The maximum atomic E-state index is 13.5. The van der Waals surface area contributed by atoms with Gasteiger partial charge in [-0.05, 0) is 55.0 Å². The average Bonchev–Trinajstić information content (AvgIpc) is 3.56. The van der Waals surface area contributed by atoms with E-state index in [2.05, 4.69) is 42.2 Å². The molecule has 0 unspecified atom stereocenters. The molecule has 3 heterocycles. The molecule has 1 saturated heterocycles. The van der Waals surface area contributed by atoms with E-state index in [1.165, 1.54) is 22.4 Å². The predicted octanol–water partition coefficient (Wildman–Crippen LogP) is 3.56. The first kappa shape index (κ1) is 20.5. The van der Waals surface area contributed by atoms with Crippen LogP contribution in [0.4, 0.5) is 0 Å². The van der Waals surface area contributed by atoms with Gasteiger partial charge in [0.15, 0.2) is 5.69 Å². The highest BCUT2D eigenvalue weighted by molar-refractivity contribution is 5.94. The number of rotatable bonds is 4. The highest BCUT2D eigenvalue weighted by Gasteiger charge is 2.31. The van der Waals surface area contributed by atoms with E-state index in [0.717, 1.165) is 82.0 Å². The number of carbonyl (C=O) groups is 1. The van der Waals surface area contributed by atoms with Gasteiger partial charge in [-0.1, -0.05) is 30.3 Å².